The number of carbonyl (C=O) groups is 1. The van der Waals surface area contributed by atoms with E-state index in [9.17, 15) is 9.00 Å². The van der Waals surface area contributed by atoms with Crippen LogP contribution in [0, 0.1) is 0 Å². The summed E-state index contributed by atoms with van der Waals surface area (Å²) in [6.45, 7) is 0. The van der Waals surface area contributed by atoms with Crippen LogP contribution in [0.4, 0.5) is 5.69 Å². The van der Waals surface area contributed by atoms with Crippen molar-refractivity contribution in [2.45, 2.75) is 37.0 Å². The summed E-state index contributed by atoms with van der Waals surface area (Å²) in [5.74, 6) is 0.0264. The van der Waals surface area contributed by atoms with Gasteiger partial charge in [0.1, 0.15) is 0 Å². The van der Waals surface area contributed by atoms with Gasteiger partial charge in [-0.05, 0) is 49.9 Å². The maximum atomic E-state index is 11.9. The highest BCUT2D eigenvalue weighted by Gasteiger charge is 2.09. The average molecular weight is 277 g/mol. The SMILES string of the molecule is C[S@](=O)c1ccc(NC(=O)CC2=CCCCC2)cc1. The number of hydrogen-bond acceptors (Lipinski definition) is 2. The quantitative estimate of drug-likeness (QED) is 0.859. The molecule has 3 nitrogen and oxygen atoms in total. The lowest BCUT2D eigenvalue weighted by Gasteiger charge is -2.12. The molecule has 1 amide bonds. The van der Waals surface area contributed by atoms with Crippen LogP contribution in [0.3, 0.4) is 0 Å². The fraction of sp³-hybridized carbons (Fsp3) is 0.400. The molecule has 0 bridgehead atoms. The second-order valence-corrected chi connectivity index (χ2v) is 6.19. The number of amides is 1. The maximum absolute atomic E-state index is 11.9. The summed E-state index contributed by atoms with van der Waals surface area (Å²) in [6, 6.07) is 7.16. The Bertz CT molecular complexity index is 505. The van der Waals surface area contributed by atoms with Gasteiger partial charge >= 0.3 is 0 Å². The van der Waals surface area contributed by atoms with Gasteiger partial charge in [-0.2, -0.15) is 0 Å². The van der Waals surface area contributed by atoms with Crippen molar-refractivity contribution in [3.63, 3.8) is 0 Å². The number of allylic oxidation sites excluding steroid dienone is 1. The molecule has 0 aromatic heterocycles. The van der Waals surface area contributed by atoms with Gasteiger partial charge in [-0.3, -0.25) is 9.00 Å². The molecule has 0 unspecified atom stereocenters. The highest BCUT2D eigenvalue weighted by atomic mass is 32.2. The standard InChI is InChI=1S/C15H19NO2S/c1-19(18)14-9-7-13(8-10-14)16-15(17)11-12-5-3-2-4-6-12/h5,7-10H,2-4,6,11H2,1H3,(H,16,17)/t19-/m0/s1. The molecule has 1 aliphatic rings. The summed E-state index contributed by atoms with van der Waals surface area (Å²) in [4.78, 5) is 12.7. The Morgan fingerprint density at radius 1 is 1.26 bits per heavy atom. The Labute approximate surface area is 116 Å². The lowest BCUT2D eigenvalue weighted by molar-refractivity contribution is -0.115. The zero-order valence-electron chi connectivity index (χ0n) is 11.1. The number of hydrogen-bond donors (Lipinski definition) is 1. The van der Waals surface area contributed by atoms with Crippen LogP contribution in [0.15, 0.2) is 40.8 Å². The number of anilines is 1. The molecule has 0 spiro atoms. The molecule has 1 aromatic rings. The average Bonchev–Trinajstić information content (AvgIpc) is 2.40. The lowest BCUT2D eigenvalue weighted by Crippen LogP contribution is -2.13. The fourth-order valence-corrected chi connectivity index (χ4v) is 2.73. The smallest absolute Gasteiger partial charge is 0.228 e. The summed E-state index contributed by atoms with van der Waals surface area (Å²) in [5, 5.41) is 2.88. The number of rotatable bonds is 4. The molecule has 1 aromatic carbocycles. The van der Waals surface area contributed by atoms with E-state index >= 15 is 0 Å². The van der Waals surface area contributed by atoms with Gasteiger partial charge in [0.05, 0.1) is 0 Å². The molecule has 1 N–H and O–H groups in total. The van der Waals surface area contributed by atoms with E-state index in [0.717, 1.165) is 23.4 Å². The number of benzene rings is 1. The first-order valence-electron chi connectivity index (χ1n) is 6.56. The van der Waals surface area contributed by atoms with Crippen LogP contribution in [0.5, 0.6) is 0 Å². The molecule has 0 saturated carbocycles. The molecule has 0 heterocycles. The molecule has 0 aliphatic heterocycles. The van der Waals surface area contributed by atoms with E-state index in [1.54, 1.807) is 30.5 Å². The van der Waals surface area contributed by atoms with Crippen LogP contribution >= 0.6 is 0 Å². The third-order valence-corrected chi connectivity index (χ3v) is 4.18. The van der Waals surface area contributed by atoms with E-state index in [0.29, 0.717) is 6.42 Å². The normalized spacial score (nSPS) is 16.6. The van der Waals surface area contributed by atoms with Crippen molar-refractivity contribution in [1.29, 1.82) is 0 Å². The maximum Gasteiger partial charge on any atom is 0.228 e. The molecule has 0 radical (unpaired) electrons. The summed E-state index contributed by atoms with van der Waals surface area (Å²) in [6.07, 6.45) is 8.88. The Hall–Kier alpha value is -1.42. The molecule has 4 heteroatoms. The van der Waals surface area contributed by atoms with Gasteiger partial charge in [0, 0.05) is 34.1 Å². The van der Waals surface area contributed by atoms with E-state index < -0.39 is 10.8 Å². The minimum Gasteiger partial charge on any atom is -0.326 e. The van der Waals surface area contributed by atoms with Crippen molar-refractivity contribution < 1.29 is 9.00 Å². The van der Waals surface area contributed by atoms with Crippen molar-refractivity contribution in [1.82, 2.24) is 0 Å². The Morgan fingerprint density at radius 2 is 2.00 bits per heavy atom. The van der Waals surface area contributed by atoms with Gasteiger partial charge in [-0.1, -0.05) is 11.6 Å². The van der Waals surface area contributed by atoms with E-state index in [4.69, 9.17) is 0 Å². The monoisotopic (exact) mass is 277 g/mol. The van der Waals surface area contributed by atoms with Crippen molar-refractivity contribution >= 4 is 22.4 Å². The van der Waals surface area contributed by atoms with Crippen LogP contribution in [-0.2, 0) is 15.6 Å². The Kier molecular flexibility index (Phi) is 4.91. The zero-order valence-corrected chi connectivity index (χ0v) is 12.0. The molecule has 0 fully saturated rings. The molecule has 102 valence electrons. The topological polar surface area (TPSA) is 46.2 Å². The minimum atomic E-state index is -0.977. The van der Waals surface area contributed by atoms with E-state index in [2.05, 4.69) is 11.4 Å². The van der Waals surface area contributed by atoms with Crippen LogP contribution in [0.2, 0.25) is 0 Å². The summed E-state index contributed by atoms with van der Waals surface area (Å²) in [5.41, 5.74) is 2.01. The van der Waals surface area contributed by atoms with E-state index in [-0.39, 0.29) is 5.91 Å². The van der Waals surface area contributed by atoms with Crippen molar-refractivity contribution in [2.24, 2.45) is 0 Å². The third kappa shape index (κ3) is 4.31. The van der Waals surface area contributed by atoms with Crippen LogP contribution in [-0.4, -0.2) is 16.4 Å². The van der Waals surface area contributed by atoms with Crippen LogP contribution in [0.1, 0.15) is 32.1 Å². The number of carbonyl (C=O) groups excluding carboxylic acids is 1. The van der Waals surface area contributed by atoms with Crippen molar-refractivity contribution in [3.05, 3.63) is 35.9 Å². The fourth-order valence-electron chi connectivity index (χ4n) is 2.21. The molecule has 0 saturated heterocycles. The first kappa shape index (κ1) is 14.0. The Balaban J connectivity index is 1.91. The van der Waals surface area contributed by atoms with Crippen molar-refractivity contribution in [3.8, 4) is 0 Å². The van der Waals surface area contributed by atoms with E-state index in [1.165, 1.54) is 18.4 Å². The first-order chi connectivity index (χ1) is 9.15. The first-order valence-corrected chi connectivity index (χ1v) is 8.12. The zero-order chi connectivity index (χ0) is 13.7. The predicted molar refractivity (Wildman–Crippen MR) is 78.6 cm³/mol. The van der Waals surface area contributed by atoms with Crippen LogP contribution in [0.25, 0.3) is 0 Å². The second kappa shape index (κ2) is 6.66. The Morgan fingerprint density at radius 3 is 2.58 bits per heavy atom. The largest absolute Gasteiger partial charge is 0.326 e. The summed E-state index contributed by atoms with van der Waals surface area (Å²) >= 11 is 0. The molecular weight excluding hydrogens is 258 g/mol. The van der Waals surface area contributed by atoms with Gasteiger partial charge in [0.2, 0.25) is 5.91 Å². The molecule has 2 rings (SSSR count). The highest BCUT2D eigenvalue weighted by Crippen LogP contribution is 2.20. The summed E-state index contributed by atoms with van der Waals surface area (Å²) in [7, 11) is -0.977. The van der Waals surface area contributed by atoms with E-state index in [1.807, 2.05) is 0 Å². The molecule has 19 heavy (non-hydrogen) atoms. The number of nitrogens with one attached hydrogen (secondary N) is 1. The van der Waals surface area contributed by atoms with Crippen molar-refractivity contribution in [2.75, 3.05) is 11.6 Å². The summed E-state index contributed by atoms with van der Waals surface area (Å²) < 4.78 is 11.3. The molecular formula is C15H19NO2S. The van der Waals surface area contributed by atoms with Gasteiger partial charge < -0.3 is 5.32 Å². The van der Waals surface area contributed by atoms with Gasteiger partial charge in [-0.15, -0.1) is 0 Å². The highest BCUT2D eigenvalue weighted by molar-refractivity contribution is 7.84. The lowest BCUT2D eigenvalue weighted by atomic mass is 9.97. The third-order valence-electron chi connectivity index (χ3n) is 3.24. The van der Waals surface area contributed by atoms with Crippen LogP contribution < -0.4 is 5.32 Å². The predicted octanol–water partition coefficient (Wildman–Crippen LogP) is 3.25. The van der Waals surface area contributed by atoms with Gasteiger partial charge in [0.15, 0.2) is 0 Å². The minimum absolute atomic E-state index is 0.0264. The molecule has 1 atom stereocenters. The van der Waals surface area contributed by atoms with Gasteiger partial charge in [0.25, 0.3) is 0 Å². The molecule has 1 aliphatic carbocycles. The second-order valence-electron chi connectivity index (χ2n) is 4.81. The van der Waals surface area contributed by atoms with Gasteiger partial charge in [-0.25, -0.2) is 0 Å².